The highest BCUT2D eigenvalue weighted by atomic mass is 16.5. The molecule has 2 unspecified atom stereocenters. The minimum Gasteiger partial charge on any atom is -0.510 e. The molecule has 2 N–H and O–H groups in total. The Morgan fingerprint density at radius 1 is 1.06 bits per heavy atom. The largest absolute Gasteiger partial charge is 0.510 e. The van der Waals surface area contributed by atoms with E-state index in [4.69, 9.17) is 4.74 Å². The van der Waals surface area contributed by atoms with Crippen LogP contribution in [-0.4, -0.2) is 40.1 Å². The number of benzene rings is 2. The first-order valence-corrected chi connectivity index (χ1v) is 11.2. The number of aliphatic hydroxyl groups excluding tert-OH is 1. The van der Waals surface area contributed by atoms with Crippen LogP contribution in [0.15, 0.2) is 70.2 Å². The molecule has 2 aromatic carbocycles. The van der Waals surface area contributed by atoms with Gasteiger partial charge in [-0.25, -0.2) is 0 Å². The van der Waals surface area contributed by atoms with Crippen molar-refractivity contribution in [1.82, 2.24) is 4.90 Å². The number of amides is 1. The molecule has 0 bridgehead atoms. The van der Waals surface area contributed by atoms with Crippen LogP contribution in [0, 0.1) is 11.8 Å². The van der Waals surface area contributed by atoms with Crippen LogP contribution in [0.3, 0.4) is 0 Å². The maximum absolute atomic E-state index is 13.0. The molecule has 0 saturated heterocycles. The first-order valence-electron chi connectivity index (χ1n) is 11.2. The number of hydrogen-bond acceptors (Lipinski definition) is 7. The third kappa shape index (κ3) is 4.89. The van der Waals surface area contributed by atoms with Crippen molar-refractivity contribution in [2.45, 2.75) is 32.6 Å². The van der Waals surface area contributed by atoms with E-state index in [2.05, 4.69) is 10.2 Å². The van der Waals surface area contributed by atoms with Crippen LogP contribution < -0.4 is 4.74 Å². The number of fused-ring (bicyclic) bond motifs is 1. The zero-order chi connectivity index (χ0) is 23.4. The van der Waals surface area contributed by atoms with Crippen LogP contribution in [-0.2, 0) is 4.79 Å². The number of ether oxygens (including phenoxy) is 1. The normalized spacial score (nSPS) is 20.2. The van der Waals surface area contributed by atoms with Gasteiger partial charge in [0.25, 0.3) is 5.91 Å². The SMILES string of the molecule is CCN(COc1ccc(O)cc1)C(=O)c1cccc(N=NC2=C(O)C3CCCCC3C2=O)c1. The van der Waals surface area contributed by atoms with Gasteiger partial charge in [-0.15, -0.1) is 5.11 Å². The van der Waals surface area contributed by atoms with Gasteiger partial charge in [0.05, 0.1) is 5.69 Å². The molecular weight excluding hydrogens is 422 g/mol. The molecule has 0 aliphatic heterocycles. The lowest BCUT2D eigenvalue weighted by atomic mass is 9.80. The van der Waals surface area contributed by atoms with Gasteiger partial charge >= 0.3 is 0 Å². The lowest BCUT2D eigenvalue weighted by molar-refractivity contribution is -0.120. The van der Waals surface area contributed by atoms with Gasteiger partial charge in [-0.05, 0) is 62.2 Å². The molecule has 2 aromatic rings. The van der Waals surface area contributed by atoms with Crippen LogP contribution in [0.1, 0.15) is 43.0 Å². The minimum atomic E-state index is -0.238. The monoisotopic (exact) mass is 449 g/mol. The Labute approximate surface area is 192 Å². The van der Waals surface area contributed by atoms with Crippen molar-refractivity contribution in [3.63, 3.8) is 0 Å². The van der Waals surface area contributed by atoms with Gasteiger partial charge in [0.2, 0.25) is 0 Å². The molecule has 2 aliphatic carbocycles. The number of allylic oxidation sites excluding steroid dienone is 2. The minimum absolute atomic E-state index is 0.0427. The zero-order valence-corrected chi connectivity index (χ0v) is 18.5. The maximum Gasteiger partial charge on any atom is 0.256 e. The molecule has 8 heteroatoms. The van der Waals surface area contributed by atoms with Crippen LogP contribution in [0.25, 0.3) is 0 Å². The second-order valence-corrected chi connectivity index (χ2v) is 8.27. The first kappa shape index (κ1) is 22.5. The Morgan fingerprint density at radius 3 is 2.48 bits per heavy atom. The van der Waals surface area contributed by atoms with Crippen LogP contribution in [0.2, 0.25) is 0 Å². The van der Waals surface area contributed by atoms with Crippen molar-refractivity contribution >= 4 is 17.4 Å². The van der Waals surface area contributed by atoms with E-state index in [9.17, 15) is 19.8 Å². The van der Waals surface area contributed by atoms with E-state index in [-0.39, 0.29) is 47.5 Å². The highest BCUT2D eigenvalue weighted by Crippen LogP contribution is 2.43. The molecule has 2 aliphatic rings. The quantitative estimate of drug-likeness (QED) is 0.449. The highest BCUT2D eigenvalue weighted by molar-refractivity contribution is 6.00. The molecule has 33 heavy (non-hydrogen) atoms. The van der Waals surface area contributed by atoms with Gasteiger partial charge in [0.1, 0.15) is 17.3 Å². The fourth-order valence-corrected chi connectivity index (χ4v) is 4.33. The number of hydrogen-bond donors (Lipinski definition) is 2. The summed E-state index contributed by atoms with van der Waals surface area (Å²) in [7, 11) is 0. The standard InChI is InChI=1S/C25H27N3O5/c1-2-28(15-33-19-12-10-18(29)11-13-19)25(32)16-6-5-7-17(14-16)26-27-22-23(30)20-8-3-4-9-21(20)24(22)31/h5-7,10-14,20-21,29-30H,2-4,8-9,15H2,1H3. The molecular formula is C25H27N3O5. The predicted molar refractivity (Wildman–Crippen MR) is 121 cm³/mol. The molecule has 1 saturated carbocycles. The summed E-state index contributed by atoms with van der Waals surface area (Å²) >= 11 is 0. The number of carbonyl (C=O) groups excluding carboxylic acids is 2. The summed E-state index contributed by atoms with van der Waals surface area (Å²) in [6.45, 7) is 2.33. The Kier molecular flexibility index (Phi) is 6.72. The molecule has 0 radical (unpaired) electrons. The number of phenols is 1. The summed E-state index contributed by atoms with van der Waals surface area (Å²) in [5.74, 6) is 0.0155. The van der Waals surface area contributed by atoms with Crippen molar-refractivity contribution in [1.29, 1.82) is 0 Å². The Balaban J connectivity index is 1.45. The topological polar surface area (TPSA) is 112 Å². The van der Waals surface area contributed by atoms with Gasteiger partial charge in [-0.2, -0.15) is 5.11 Å². The van der Waals surface area contributed by atoms with Gasteiger partial charge in [0.15, 0.2) is 18.2 Å². The Hall–Kier alpha value is -3.68. The molecule has 1 amide bonds. The fraction of sp³-hybridized carbons (Fsp3) is 0.360. The van der Waals surface area contributed by atoms with E-state index in [1.807, 2.05) is 6.92 Å². The number of aromatic hydroxyl groups is 1. The van der Waals surface area contributed by atoms with Crippen LogP contribution in [0.5, 0.6) is 11.5 Å². The number of rotatable bonds is 7. The van der Waals surface area contributed by atoms with Gasteiger partial charge in [-0.1, -0.05) is 18.9 Å². The number of phenolic OH excluding ortho intramolecular Hbond substituents is 1. The predicted octanol–water partition coefficient (Wildman–Crippen LogP) is 5.13. The van der Waals surface area contributed by atoms with Gasteiger partial charge < -0.3 is 19.8 Å². The van der Waals surface area contributed by atoms with E-state index in [0.717, 1.165) is 25.7 Å². The number of nitrogens with zero attached hydrogens (tertiary/aromatic N) is 3. The van der Waals surface area contributed by atoms with Crippen LogP contribution >= 0.6 is 0 Å². The number of Topliss-reactive ketones (excluding diaryl/α,β-unsaturated/α-hetero) is 1. The van der Waals surface area contributed by atoms with Crippen molar-refractivity contribution in [2.24, 2.45) is 22.1 Å². The van der Waals surface area contributed by atoms with E-state index in [1.165, 1.54) is 17.0 Å². The average Bonchev–Trinajstić information content (AvgIpc) is 3.09. The average molecular weight is 450 g/mol. The molecule has 4 rings (SSSR count). The third-order valence-corrected chi connectivity index (χ3v) is 6.18. The van der Waals surface area contributed by atoms with E-state index >= 15 is 0 Å². The Bertz CT molecular complexity index is 1090. The van der Waals surface area contributed by atoms with Crippen molar-refractivity contribution in [3.05, 3.63) is 65.6 Å². The number of ketones is 1. The molecule has 0 heterocycles. The molecule has 0 aromatic heterocycles. The smallest absolute Gasteiger partial charge is 0.256 e. The second kappa shape index (κ2) is 9.85. The van der Waals surface area contributed by atoms with E-state index in [0.29, 0.717) is 23.5 Å². The molecule has 1 fully saturated rings. The summed E-state index contributed by atoms with van der Waals surface area (Å²) < 4.78 is 5.65. The fourth-order valence-electron chi connectivity index (χ4n) is 4.33. The summed E-state index contributed by atoms with van der Waals surface area (Å²) in [5.41, 5.74) is 0.868. The van der Waals surface area contributed by atoms with Gasteiger partial charge in [-0.3, -0.25) is 9.59 Å². The van der Waals surface area contributed by atoms with Crippen molar-refractivity contribution in [3.8, 4) is 11.5 Å². The van der Waals surface area contributed by atoms with Gasteiger partial charge in [0, 0.05) is 23.9 Å². The lowest BCUT2D eigenvalue weighted by Crippen LogP contribution is -2.34. The van der Waals surface area contributed by atoms with E-state index < -0.39 is 0 Å². The number of carbonyl (C=O) groups is 2. The Morgan fingerprint density at radius 2 is 1.79 bits per heavy atom. The summed E-state index contributed by atoms with van der Waals surface area (Å²) in [5, 5.41) is 28.0. The third-order valence-electron chi connectivity index (χ3n) is 6.18. The summed E-state index contributed by atoms with van der Waals surface area (Å²) in [6.07, 6.45) is 3.55. The lowest BCUT2D eigenvalue weighted by Gasteiger charge is -2.23. The molecule has 2 atom stereocenters. The number of azo groups is 1. The van der Waals surface area contributed by atoms with Crippen molar-refractivity contribution in [2.75, 3.05) is 13.3 Å². The maximum atomic E-state index is 13.0. The van der Waals surface area contributed by atoms with Crippen molar-refractivity contribution < 1.29 is 24.5 Å². The molecule has 8 nitrogen and oxygen atoms in total. The molecule has 172 valence electrons. The number of aliphatic hydroxyl groups is 1. The second-order valence-electron chi connectivity index (χ2n) is 8.27. The van der Waals surface area contributed by atoms with E-state index in [1.54, 1.807) is 36.4 Å². The summed E-state index contributed by atoms with van der Waals surface area (Å²) in [4.78, 5) is 27.1. The highest BCUT2D eigenvalue weighted by Gasteiger charge is 2.43. The first-order chi connectivity index (χ1) is 16.0. The zero-order valence-electron chi connectivity index (χ0n) is 18.5. The molecule has 0 spiro atoms. The van der Waals surface area contributed by atoms with Crippen LogP contribution in [0.4, 0.5) is 5.69 Å². The summed E-state index contributed by atoms with van der Waals surface area (Å²) in [6, 6.07) is 12.9.